The van der Waals surface area contributed by atoms with E-state index in [4.69, 9.17) is 9.47 Å². The second kappa shape index (κ2) is 11.3. The maximum atomic E-state index is 13.0. The lowest BCUT2D eigenvalue weighted by Gasteiger charge is -2.26. The monoisotopic (exact) mass is 469 g/mol. The van der Waals surface area contributed by atoms with Crippen LogP contribution in [0.1, 0.15) is 18.7 Å². The Morgan fingerprint density at radius 3 is 2.39 bits per heavy atom. The number of benzene rings is 1. The molecule has 0 bridgehead atoms. The van der Waals surface area contributed by atoms with Crippen molar-refractivity contribution in [2.24, 2.45) is 0 Å². The molecule has 2 amide bonds. The van der Waals surface area contributed by atoms with Gasteiger partial charge >= 0.3 is 6.03 Å². The van der Waals surface area contributed by atoms with Gasteiger partial charge in [0, 0.05) is 34.6 Å². The second-order valence-corrected chi connectivity index (χ2v) is 8.03. The third-order valence-electron chi connectivity index (χ3n) is 4.51. The number of methoxy groups -OCH3 is 2. The molecule has 154 valence electrons. The Hall–Kier alpha value is -1.77. The van der Waals surface area contributed by atoms with E-state index in [1.165, 1.54) is 0 Å². The molecular formula is C20H28BrN3O3S. The van der Waals surface area contributed by atoms with Crippen molar-refractivity contribution in [1.29, 1.82) is 0 Å². The van der Waals surface area contributed by atoms with Crippen LogP contribution in [-0.4, -0.2) is 56.2 Å². The summed E-state index contributed by atoms with van der Waals surface area (Å²) in [4.78, 5) is 18.3. The number of hydrogen-bond acceptors (Lipinski definition) is 5. The van der Waals surface area contributed by atoms with Crippen LogP contribution in [0.2, 0.25) is 0 Å². The topological polar surface area (TPSA) is 54.0 Å². The minimum atomic E-state index is -0.145. The van der Waals surface area contributed by atoms with Gasteiger partial charge in [0.2, 0.25) is 0 Å². The zero-order chi connectivity index (χ0) is 20.5. The summed E-state index contributed by atoms with van der Waals surface area (Å²) in [6, 6.07) is 7.45. The first-order chi connectivity index (χ1) is 13.5. The van der Waals surface area contributed by atoms with Gasteiger partial charge in [-0.2, -0.15) is 0 Å². The first-order valence-electron chi connectivity index (χ1n) is 9.24. The number of halogens is 1. The number of carbonyl (C=O) groups is 1. The molecule has 0 fully saturated rings. The quantitative estimate of drug-likeness (QED) is 0.537. The minimum absolute atomic E-state index is 0.145. The highest BCUT2D eigenvalue weighted by Gasteiger charge is 2.18. The lowest BCUT2D eigenvalue weighted by atomic mass is 10.2. The molecule has 0 unspecified atom stereocenters. The number of rotatable bonds is 10. The Labute approximate surface area is 179 Å². The molecule has 1 aromatic heterocycles. The zero-order valence-corrected chi connectivity index (χ0v) is 19.2. The fourth-order valence-corrected chi connectivity index (χ4v) is 3.93. The van der Waals surface area contributed by atoms with Crippen molar-refractivity contribution >= 4 is 39.0 Å². The Morgan fingerprint density at radius 2 is 1.82 bits per heavy atom. The molecule has 0 aliphatic rings. The molecule has 0 saturated heterocycles. The lowest BCUT2D eigenvalue weighted by molar-refractivity contribution is 0.195. The third kappa shape index (κ3) is 6.12. The SMILES string of the molecule is CCN(CC)CCN(Cc1cccs1)C(=O)Nc1cc(OC)c(OC)cc1Br. The summed E-state index contributed by atoms with van der Waals surface area (Å²) in [6.45, 7) is 8.26. The number of nitrogens with zero attached hydrogens (tertiary/aromatic N) is 2. The van der Waals surface area contributed by atoms with Crippen molar-refractivity contribution in [1.82, 2.24) is 9.80 Å². The average Bonchev–Trinajstić information content (AvgIpc) is 3.22. The average molecular weight is 470 g/mol. The van der Waals surface area contributed by atoms with Crippen LogP contribution in [0.25, 0.3) is 0 Å². The molecule has 0 aliphatic heterocycles. The van der Waals surface area contributed by atoms with Crippen LogP contribution in [0.4, 0.5) is 10.5 Å². The second-order valence-electron chi connectivity index (χ2n) is 6.14. The highest BCUT2D eigenvalue weighted by atomic mass is 79.9. The summed E-state index contributed by atoms with van der Waals surface area (Å²) < 4.78 is 11.4. The number of likely N-dealkylation sites (N-methyl/N-ethyl adjacent to an activating group) is 1. The molecule has 1 heterocycles. The molecule has 1 N–H and O–H groups in total. The minimum Gasteiger partial charge on any atom is -0.493 e. The summed E-state index contributed by atoms with van der Waals surface area (Å²) in [5, 5.41) is 5.03. The Kier molecular flexibility index (Phi) is 9.08. The fraction of sp³-hybridized carbons (Fsp3) is 0.450. The highest BCUT2D eigenvalue weighted by Crippen LogP contribution is 2.36. The predicted octanol–water partition coefficient (Wildman–Crippen LogP) is 4.90. The third-order valence-corrected chi connectivity index (χ3v) is 6.03. The Bertz CT molecular complexity index is 751. The maximum Gasteiger partial charge on any atom is 0.322 e. The van der Waals surface area contributed by atoms with Gasteiger partial charge in [0.15, 0.2) is 11.5 Å². The number of amides is 2. The van der Waals surface area contributed by atoms with Gasteiger partial charge in [-0.1, -0.05) is 19.9 Å². The molecule has 0 radical (unpaired) electrons. The van der Waals surface area contributed by atoms with Gasteiger partial charge < -0.3 is 24.6 Å². The van der Waals surface area contributed by atoms with Crippen molar-refractivity contribution in [2.45, 2.75) is 20.4 Å². The number of nitrogens with one attached hydrogen (secondary N) is 1. The van der Waals surface area contributed by atoms with Gasteiger partial charge in [0.25, 0.3) is 0 Å². The molecule has 0 atom stereocenters. The van der Waals surface area contributed by atoms with Crippen LogP contribution < -0.4 is 14.8 Å². The number of urea groups is 1. The van der Waals surface area contributed by atoms with E-state index in [-0.39, 0.29) is 6.03 Å². The van der Waals surface area contributed by atoms with Crippen LogP contribution in [-0.2, 0) is 6.54 Å². The van der Waals surface area contributed by atoms with Crippen LogP contribution in [0, 0.1) is 0 Å². The van der Waals surface area contributed by atoms with Crippen molar-refractivity contribution in [3.8, 4) is 11.5 Å². The Balaban J connectivity index is 2.16. The summed E-state index contributed by atoms with van der Waals surface area (Å²) in [7, 11) is 3.16. The van der Waals surface area contributed by atoms with Gasteiger partial charge in [-0.15, -0.1) is 11.3 Å². The van der Waals surface area contributed by atoms with E-state index in [1.807, 2.05) is 16.3 Å². The first-order valence-corrected chi connectivity index (χ1v) is 10.9. The number of carbonyl (C=O) groups excluding carboxylic acids is 1. The smallest absolute Gasteiger partial charge is 0.322 e. The van der Waals surface area contributed by atoms with Gasteiger partial charge in [0.05, 0.1) is 26.5 Å². The van der Waals surface area contributed by atoms with E-state index >= 15 is 0 Å². The van der Waals surface area contributed by atoms with E-state index in [2.05, 4.69) is 46.1 Å². The van der Waals surface area contributed by atoms with Crippen molar-refractivity contribution in [2.75, 3.05) is 45.7 Å². The van der Waals surface area contributed by atoms with Crippen LogP contribution in [0.15, 0.2) is 34.1 Å². The highest BCUT2D eigenvalue weighted by molar-refractivity contribution is 9.10. The number of ether oxygens (including phenoxy) is 2. The van der Waals surface area contributed by atoms with Gasteiger partial charge in [0.1, 0.15) is 0 Å². The predicted molar refractivity (Wildman–Crippen MR) is 119 cm³/mol. The molecule has 2 rings (SSSR count). The largest absolute Gasteiger partial charge is 0.493 e. The van der Waals surface area contributed by atoms with Crippen LogP contribution in [0.5, 0.6) is 11.5 Å². The Morgan fingerprint density at radius 1 is 1.14 bits per heavy atom. The van der Waals surface area contributed by atoms with E-state index in [1.54, 1.807) is 37.7 Å². The molecule has 8 heteroatoms. The molecule has 0 spiro atoms. The van der Waals surface area contributed by atoms with E-state index in [0.717, 1.165) is 29.0 Å². The molecule has 28 heavy (non-hydrogen) atoms. The van der Waals surface area contributed by atoms with Gasteiger partial charge in [-0.3, -0.25) is 0 Å². The molecular weight excluding hydrogens is 442 g/mol. The van der Waals surface area contributed by atoms with E-state index in [9.17, 15) is 4.79 Å². The van der Waals surface area contributed by atoms with Crippen molar-refractivity contribution < 1.29 is 14.3 Å². The van der Waals surface area contributed by atoms with Crippen LogP contribution in [0.3, 0.4) is 0 Å². The van der Waals surface area contributed by atoms with Crippen molar-refractivity contribution in [3.05, 3.63) is 39.0 Å². The first kappa shape index (κ1) is 22.5. The number of anilines is 1. The standard InChI is InChI=1S/C20H28BrN3O3S/c1-5-23(6-2)9-10-24(14-15-8-7-11-28-15)20(25)22-17-13-19(27-4)18(26-3)12-16(17)21/h7-8,11-13H,5-6,9-10,14H2,1-4H3,(H,22,25). The molecule has 2 aromatic rings. The zero-order valence-electron chi connectivity index (χ0n) is 16.8. The van der Waals surface area contributed by atoms with E-state index in [0.29, 0.717) is 30.3 Å². The maximum absolute atomic E-state index is 13.0. The number of thiophene rings is 1. The lowest BCUT2D eigenvalue weighted by Crippen LogP contribution is -2.40. The molecule has 1 aromatic carbocycles. The van der Waals surface area contributed by atoms with Gasteiger partial charge in [-0.25, -0.2) is 4.79 Å². The van der Waals surface area contributed by atoms with Crippen molar-refractivity contribution in [3.63, 3.8) is 0 Å². The molecule has 6 nitrogen and oxygen atoms in total. The number of hydrogen-bond donors (Lipinski definition) is 1. The summed E-state index contributed by atoms with van der Waals surface area (Å²) in [6.07, 6.45) is 0. The summed E-state index contributed by atoms with van der Waals surface area (Å²) in [5.41, 5.74) is 0.640. The summed E-state index contributed by atoms with van der Waals surface area (Å²) >= 11 is 5.15. The molecule has 0 aliphatic carbocycles. The molecule has 0 saturated carbocycles. The summed E-state index contributed by atoms with van der Waals surface area (Å²) in [5.74, 6) is 1.17. The van der Waals surface area contributed by atoms with Crippen LogP contribution >= 0.6 is 27.3 Å². The van der Waals surface area contributed by atoms with E-state index < -0.39 is 0 Å². The normalized spacial score (nSPS) is 10.8. The van der Waals surface area contributed by atoms with Gasteiger partial charge in [-0.05, 0) is 40.5 Å². The fourth-order valence-electron chi connectivity index (χ4n) is 2.79.